The van der Waals surface area contributed by atoms with Gasteiger partial charge >= 0.3 is 5.97 Å². The molecule has 166 valence electrons. The number of para-hydroxylation sites is 1. The van der Waals surface area contributed by atoms with Crippen molar-refractivity contribution in [3.63, 3.8) is 0 Å². The van der Waals surface area contributed by atoms with Gasteiger partial charge < -0.3 is 23.9 Å². The van der Waals surface area contributed by atoms with Crippen LogP contribution in [0, 0.1) is 0 Å². The quantitative estimate of drug-likeness (QED) is 0.334. The maximum absolute atomic E-state index is 12.0. The number of nitrogens with zero attached hydrogens (tertiary/aromatic N) is 1. The fourth-order valence-corrected chi connectivity index (χ4v) is 3.64. The third-order valence-electron chi connectivity index (χ3n) is 4.59. The summed E-state index contributed by atoms with van der Waals surface area (Å²) < 4.78 is 18.6. The van der Waals surface area contributed by atoms with Crippen molar-refractivity contribution in [2.75, 3.05) is 13.2 Å². The predicted octanol–water partition coefficient (Wildman–Crippen LogP) is 4.36. The zero-order valence-corrected chi connectivity index (χ0v) is 18.9. The van der Waals surface area contributed by atoms with E-state index in [-0.39, 0.29) is 18.0 Å². The van der Waals surface area contributed by atoms with Crippen molar-refractivity contribution in [2.24, 2.45) is 0 Å². The Bertz CT molecular complexity index is 862. The molecule has 6 nitrogen and oxygen atoms in total. The molecule has 0 saturated heterocycles. The molecule has 1 heterocycles. The second-order valence-corrected chi connectivity index (χ2v) is 8.20. The highest BCUT2D eigenvalue weighted by Crippen LogP contribution is 2.30. The first-order chi connectivity index (χ1) is 14.2. The monoisotopic (exact) mass is 417 g/mol. The molecule has 1 unspecified atom stereocenters. The van der Waals surface area contributed by atoms with Gasteiger partial charge in [0.15, 0.2) is 6.29 Å². The Balaban J connectivity index is 2.48. The molecule has 1 atom stereocenters. The van der Waals surface area contributed by atoms with E-state index in [1.165, 1.54) is 0 Å². The Labute approximate surface area is 179 Å². The van der Waals surface area contributed by atoms with Gasteiger partial charge in [0.1, 0.15) is 11.4 Å². The van der Waals surface area contributed by atoms with E-state index in [1.54, 1.807) is 6.92 Å². The molecule has 0 aliphatic carbocycles. The fraction of sp³-hybridized carbons (Fsp3) is 0.542. The zero-order valence-electron chi connectivity index (χ0n) is 18.9. The molecule has 30 heavy (non-hydrogen) atoms. The average molecular weight is 418 g/mol. The molecule has 0 bridgehead atoms. The Morgan fingerprint density at radius 3 is 2.53 bits per heavy atom. The minimum absolute atomic E-state index is 0.240. The van der Waals surface area contributed by atoms with E-state index in [0.717, 1.165) is 22.2 Å². The summed E-state index contributed by atoms with van der Waals surface area (Å²) in [5.41, 5.74) is 2.59. The van der Waals surface area contributed by atoms with Gasteiger partial charge in [0.05, 0.1) is 19.6 Å². The van der Waals surface area contributed by atoms with Crippen LogP contribution in [0.25, 0.3) is 10.9 Å². The van der Waals surface area contributed by atoms with Crippen molar-refractivity contribution in [1.29, 1.82) is 0 Å². The largest absolute Gasteiger partial charge is 0.491 e. The Kier molecular flexibility index (Phi) is 8.50. The molecular formula is C24H35NO5. The molecule has 2 aromatic rings. The number of ether oxygens (including phenoxy) is 3. The molecule has 1 aromatic heterocycles. The number of fused-ring (bicyclic) bond motifs is 1. The van der Waals surface area contributed by atoms with Crippen LogP contribution in [-0.2, 0) is 38.4 Å². The number of carbonyl (C=O) groups excluding carboxylic acids is 1. The van der Waals surface area contributed by atoms with Gasteiger partial charge in [0, 0.05) is 29.6 Å². The van der Waals surface area contributed by atoms with E-state index in [0.29, 0.717) is 38.4 Å². The molecule has 0 amide bonds. The molecule has 0 fully saturated rings. The van der Waals surface area contributed by atoms with Crippen molar-refractivity contribution in [3.05, 3.63) is 47.9 Å². The van der Waals surface area contributed by atoms with Crippen LogP contribution in [0.5, 0.6) is 0 Å². The van der Waals surface area contributed by atoms with E-state index < -0.39 is 6.29 Å². The molecule has 0 radical (unpaired) electrons. The van der Waals surface area contributed by atoms with Crippen LogP contribution < -0.4 is 0 Å². The number of aromatic nitrogens is 1. The van der Waals surface area contributed by atoms with Crippen molar-refractivity contribution < 1.29 is 24.1 Å². The number of hydrogen-bond donors (Lipinski definition) is 1. The van der Waals surface area contributed by atoms with E-state index in [2.05, 4.69) is 11.1 Å². The first kappa shape index (κ1) is 24.0. The van der Waals surface area contributed by atoms with Gasteiger partial charge in [-0.2, -0.15) is 0 Å². The fourth-order valence-electron chi connectivity index (χ4n) is 3.64. The van der Waals surface area contributed by atoms with Crippen molar-refractivity contribution >= 4 is 16.9 Å². The second kappa shape index (κ2) is 10.6. The van der Waals surface area contributed by atoms with Gasteiger partial charge in [-0.3, -0.25) is 4.79 Å². The smallest absolute Gasteiger partial charge is 0.306 e. The van der Waals surface area contributed by atoms with Crippen molar-refractivity contribution in [1.82, 2.24) is 4.57 Å². The Morgan fingerprint density at radius 1 is 1.20 bits per heavy atom. The number of aliphatic hydroxyl groups excluding tert-OH is 1. The highest BCUT2D eigenvalue weighted by Gasteiger charge is 2.22. The molecule has 0 spiro atoms. The summed E-state index contributed by atoms with van der Waals surface area (Å²) in [4.78, 5) is 12.0. The highest BCUT2D eigenvalue weighted by atomic mass is 16.6. The number of carbonyl (C=O) groups is 1. The van der Waals surface area contributed by atoms with Gasteiger partial charge in [-0.1, -0.05) is 24.8 Å². The molecule has 0 saturated carbocycles. The van der Waals surface area contributed by atoms with Gasteiger partial charge in [0.25, 0.3) is 0 Å². The lowest BCUT2D eigenvalue weighted by Gasteiger charge is -2.24. The van der Waals surface area contributed by atoms with E-state index in [4.69, 9.17) is 14.2 Å². The lowest BCUT2D eigenvalue weighted by atomic mass is 10.0. The van der Waals surface area contributed by atoms with E-state index in [9.17, 15) is 9.90 Å². The zero-order chi connectivity index (χ0) is 22.3. The summed E-state index contributed by atoms with van der Waals surface area (Å²) in [5.74, 6) is 0.396. The third-order valence-corrected chi connectivity index (χ3v) is 4.59. The Hall–Kier alpha value is -2.31. The van der Waals surface area contributed by atoms with Crippen LogP contribution in [0.1, 0.15) is 52.3 Å². The molecule has 2 rings (SSSR count). The van der Waals surface area contributed by atoms with Crippen LogP contribution in [-0.4, -0.2) is 40.7 Å². The van der Waals surface area contributed by atoms with Crippen LogP contribution in [0.3, 0.4) is 0 Å². The van der Waals surface area contributed by atoms with Gasteiger partial charge in [0.2, 0.25) is 0 Å². The summed E-state index contributed by atoms with van der Waals surface area (Å²) in [6.07, 6.45) is 0.176. The highest BCUT2D eigenvalue weighted by molar-refractivity contribution is 5.86. The van der Waals surface area contributed by atoms with Crippen molar-refractivity contribution in [3.8, 4) is 0 Å². The normalized spacial score (nSPS) is 12.7. The topological polar surface area (TPSA) is 69.9 Å². The molecule has 6 heteroatoms. The number of hydrogen-bond acceptors (Lipinski definition) is 5. The number of allylic oxidation sites excluding steroid dienone is 1. The predicted molar refractivity (Wildman–Crippen MR) is 118 cm³/mol. The summed E-state index contributed by atoms with van der Waals surface area (Å²) in [6.45, 7) is 14.9. The SMILES string of the molecule is C=C(Cn1c(CCC(=O)OCC)c(CC(O)OCC)c2ccccc21)OC(C)(C)C. The average Bonchev–Trinajstić information content (AvgIpc) is 2.92. The lowest BCUT2D eigenvalue weighted by Crippen LogP contribution is -2.21. The maximum atomic E-state index is 12.0. The number of benzene rings is 1. The molecule has 0 aliphatic rings. The lowest BCUT2D eigenvalue weighted by molar-refractivity contribution is -0.143. The van der Waals surface area contributed by atoms with Crippen LogP contribution in [0.15, 0.2) is 36.6 Å². The van der Waals surface area contributed by atoms with Gasteiger partial charge in [-0.15, -0.1) is 0 Å². The molecule has 0 aliphatic heterocycles. The minimum atomic E-state index is -0.912. The van der Waals surface area contributed by atoms with E-state index in [1.807, 2.05) is 52.0 Å². The van der Waals surface area contributed by atoms with Crippen LogP contribution in [0.2, 0.25) is 0 Å². The van der Waals surface area contributed by atoms with Gasteiger partial charge in [-0.25, -0.2) is 0 Å². The van der Waals surface area contributed by atoms with Crippen LogP contribution in [0.4, 0.5) is 0 Å². The summed E-state index contributed by atoms with van der Waals surface area (Å²) in [7, 11) is 0. The molecule has 1 aromatic carbocycles. The second-order valence-electron chi connectivity index (χ2n) is 8.20. The Morgan fingerprint density at radius 2 is 1.90 bits per heavy atom. The first-order valence-electron chi connectivity index (χ1n) is 10.6. The van der Waals surface area contributed by atoms with Gasteiger partial charge in [-0.05, 0) is 52.7 Å². The maximum Gasteiger partial charge on any atom is 0.306 e. The molecular weight excluding hydrogens is 382 g/mol. The number of aliphatic hydroxyl groups is 1. The summed E-state index contributed by atoms with van der Waals surface area (Å²) in [5, 5.41) is 11.4. The summed E-state index contributed by atoms with van der Waals surface area (Å²) >= 11 is 0. The summed E-state index contributed by atoms with van der Waals surface area (Å²) in [6, 6.07) is 8.01. The standard InChI is InChI=1S/C24H35NO5/c1-7-28-22(26)14-13-21-19(15-23(27)29-8-2)18-11-9-10-12-20(18)25(21)16-17(3)30-24(4,5)6/h9-12,23,27H,3,7-8,13-16H2,1-2,4-6H3. The number of rotatable bonds is 11. The molecule has 1 N–H and O–H groups in total. The van der Waals surface area contributed by atoms with Crippen molar-refractivity contribution in [2.45, 2.75) is 72.3 Å². The minimum Gasteiger partial charge on any atom is -0.491 e. The number of esters is 1. The first-order valence-corrected chi connectivity index (χ1v) is 10.6. The van der Waals surface area contributed by atoms with Crippen LogP contribution >= 0.6 is 0 Å². The van der Waals surface area contributed by atoms with E-state index >= 15 is 0 Å². The third kappa shape index (κ3) is 6.61.